The van der Waals surface area contributed by atoms with Gasteiger partial charge in [0.2, 0.25) is 0 Å². The molecule has 0 bridgehead atoms. The molecule has 0 spiro atoms. The van der Waals surface area contributed by atoms with E-state index in [4.69, 9.17) is 4.74 Å². The van der Waals surface area contributed by atoms with Gasteiger partial charge in [0.05, 0.1) is 13.1 Å². The Morgan fingerprint density at radius 3 is 3.04 bits per heavy atom. The minimum Gasteiger partial charge on any atom is -0.489 e. The number of hydrogen-bond acceptors (Lipinski definition) is 4. The zero-order chi connectivity index (χ0) is 18.5. The number of aliphatic imine (C=N–C) groups is 1. The van der Waals surface area contributed by atoms with Crippen LogP contribution in [0.4, 0.5) is 4.39 Å². The van der Waals surface area contributed by atoms with Crippen molar-refractivity contribution in [3.05, 3.63) is 41.7 Å². The number of nitrogens with zero attached hydrogens (tertiary/aromatic N) is 4. The minimum atomic E-state index is -0.305. The molecule has 0 saturated carbocycles. The molecule has 2 N–H and O–H groups in total. The Kier molecular flexibility index (Phi) is 7.81. The molecule has 0 fully saturated rings. The molecule has 1 aromatic heterocycles. The molecular formula is C18H26FIN6O. The van der Waals surface area contributed by atoms with E-state index in [2.05, 4.69) is 25.7 Å². The number of ether oxygens (including phenoxy) is 1. The highest BCUT2D eigenvalue weighted by Crippen LogP contribution is 2.14. The van der Waals surface area contributed by atoms with Crippen LogP contribution < -0.4 is 15.4 Å². The molecule has 0 aliphatic carbocycles. The number of aromatic nitrogens is 3. The standard InChI is InChI=1S/C18H25FN6O.HI/c1-12(26-16-6-4-5-14(19)9-16)10-21-18(20-3)23-15-7-8-17-22-13(2)24-25(17)11-15;/h4-6,9,12,15H,7-8,10-11H2,1-3H3,(H2,20,21,23);1H. The Bertz CT molecular complexity index is 781. The maximum Gasteiger partial charge on any atom is 0.191 e. The van der Waals surface area contributed by atoms with Crippen LogP contribution in [-0.4, -0.2) is 46.5 Å². The first-order valence-corrected chi connectivity index (χ1v) is 8.83. The van der Waals surface area contributed by atoms with Crippen molar-refractivity contribution in [2.45, 2.75) is 45.4 Å². The number of rotatable bonds is 5. The largest absolute Gasteiger partial charge is 0.489 e. The summed E-state index contributed by atoms with van der Waals surface area (Å²) < 4.78 is 20.9. The molecule has 2 heterocycles. The summed E-state index contributed by atoms with van der Waals surface area (Å²) in [6.07, 6.45) is 1.74. The second-order valence-electron chi connectivity index (χ2n) is 6.48. The first-order valence-electron chi connectivity index (χ1n) is 8.83. The molecule has 148 valence electrons. The van der Waals surface area contributed by atoms with Crippen LogP contribution in [0.2, 0.25) is 0 Å². The van der Waals surface area contributed by atoms with Crippen molar-refractivity contribution in [3.8, 4) is 5.75 Å². The van der Waals surface area contributed by atoms with Gasteiger partial charge in [0.25, 0.3) is 0 Å². The van der Waals surface area contributed by atoms with Gasteiger partial charge in [0, 0.05) is 25.6 Å². The van der Waals surface area contributed by atoms with E-state index in [0.29, 0.717) is 18.3 Å². The number of aryl methyl sites for hydroxylation is 2. The Balaban J connectivity index is 0.00000261. The number of benzene rings is 1. The van der Waals surface area contributed by atoms with Crippen LogP contribution in [-0.2, 0) is 13.0 Å². The van der Waals surface area contributed by atoms with Gasteiger partial charge in [-0.3, -0.25) is 4.99 Å². The zero-order valence-electron chi connectivity index (χ0n) is 15.8. The predicted octanol–water partition coefficient (Wildman–Crippen LogP) is 2.29. The van der Waals surface area contributed by atoms with Crippen LogP contribution in [0.15, 0.2) is 29.3 Å². The highest BCUT2D eigenvalue weighted by atomic mass is 127. The summed E-state index contributed by atoms with van der Waals surface area (Å²) in [7, 11) is 1.74. The molecule has 3 rings (SSSR count). The topological polar surface area (TPSA) is 76.4 Å². The van der Waals surface area contributed by atoms with Crippen molar-refractivity contribution in [1.82, 2.24) is 25.4 Å². The Hall–Kier alpha value is -1.91. The number of halogens is 2. The SMILES string of the molecule is CN=C(NCC(C)Oc1cccc(F)c1)NC1CCc2nc(C)nn2C1.I. The van der Waals surface area contributed by atoms with E-state index in [0.717, 1.165) is 31.0 Å². The van der Waals surface area contributed by atoms with Crippen molar-refractivity contribution >= 4 is 29.9 Å². The third-order valence-electron chi connectivity index (χ3n) is 4.22. The molecule has 7 nitrogen and oxygen atoms in total. The smallest absolute Gasteiger partial charge is 0.191 e. The number of guanidine groups is 1. The molecule has 2 unspecified atom stereocenters. The average molecular weight is 488 g/mol. The zero-order valence-corrected chi connectivity index (χ0v) is 18.1. The van der Waals surface area contributed by atoms with Gasteiger partial charge in [-0.15, -0.1) is 24.0 Å². The van der Waals surface area contributed by atoms with Gasteiger partial charge < -0.3 is 15.4 Å². The molecule has 0 amide bonds. The van der Waals surface area contributed by atoms with Crippen LogP contribution >= 0.6 is 24.0 Å². The normalized spacial score (nSPS) is 17.5. The minimum absolute atomic E-state index is 0. The Labute approximate surface area is 175 Å². The summed E-state index contributed by atoms with van der Waals surface area (Å²) in [5, 5.41) is 11.1. The van der Waals surface area contributed by atoms with Gasteiger partial charge in [0.1, 0.15) is 29.3 Å². The van der Waals surface area contributed by atoms with Crippen molar-refractivity contribution < 1.29 is 9.13 Å². The number of hydrogen-bond donors (Lipinski definition) is 2. The highest BCUT2D eigenvalue weighted by Gasteiger charge is 2.21. The maximum absolute atomic E-state index is 13.2. The van der Waals surface area contributed by atoms with E-state index in [-0.39, 0.29) is 41.9 Å². The molecular weight excluding hydrogens is 462 g/mol. The van der Waals surface area contributed by atoms with E-state index in [1.807, 2.05) is 18.5 Å². The van der Waals surface area contributed by atoms with E-state index < -0.39 is 0 Å². The molecule has 2 atom stereocenters. The molecule has 0 saturated heterocycles. The average Bonchev–Trinajstić information content (AvgIpc) is 2.97. The van der Waals surface area contributed by atoms with Crippen molar-refractivity contribution in [1.29, 1.82) is 0 Å². The van der Waals surface area contributed by atoms with E-state index in [1.54, 1.807) is 19.2 Å². The second-order valence-corrected chi connectivity index (χ2v) is 6.48. The highest BCUT2D eigenvalue weighted by molar-refractivity contribution is 14.0. The third-order valence-corrected chi connectivity index (χ3v) is 4.22. The van der Waals surface area contributed by atoms with Gasteiger partial charge in [-0.1, -0.05) is 6.07 Å². The lowest BCUT2D eigenvalue weighted by molar-refractivity contribution is 0.222. The lowest BCUT2D eigenvalue weighted by Gasteiger charge is -2.26. The summed E-state index contributed by atoms with van der Waals surface area (Å²) in [6, 6.07) is 6.40. The number of fused-ring (bicyclic) bond motifs is 1. The Morgan fingerprint density at radius 2 is 2.30 bits per heavy atom. The summed E-state index contributed by atoms with van der Waals surface area (Å²) in [4.78, 5) is 8.70. The predicted molar refractivity (Wildman–Crippen MR) is 113 cm³/mol. The lowest BCUT2D eigenvalue weighted by Crippen LogP contribution is -2.48. The first-order chi connectivity index (χ1) is 12.5. The van der Waals surface area contributed by atoms with Crippen molar-refractivity contribution in [3.63, 3.8) is 0 Å². The first kappa shape index (κ1) is 21.4. The molecule has 1 aliphatic rings. The quantitative estimate of drug-likeness (QED) is 0.384. The molecule has 9 heteroatoms. The molecule has 2 aromatic rings. The van der Waals surface area contributed by atoms with Gasteiger partial charge in [-0.05, 0) is 32.4 Å². The van der Waals surface area contributed by atoms with Gasteiger partial charge >= 0.3 is 0 Å². The lowest BCUT2D eigenvalue weighted by atomic mass is 10.1. The molecule has 1 aromatic carbocycles. The van der Waals surface area contributed by atoms with Crippen LogP contribution in [0.5, 0.6) is 5.75 Å². The van der Waals surface area contributed by atoms with Crippen LogP contribution in [0, 0.1) is 12.7 Å². The third kappa shape index (κ3) is 6.05. The number of nitrogens with one attached hydrogen (secondary N) is 2. The molecule has 0 radical (unpaired) electrons. The summed E-state index contributed by atoms with van der Waals surface area (Å²) in [6.45, 7) is 5.16. The van der Waals surface area contributed by atoms with E-state index in [9.17, 15) is 4.39 Å². The van der Waals surface area contributed by atoms with E-state index in [1.165, 1.54) is 12.1 Å². The van der Waals surface area contributed by atoms with Crippen LogP contribution in [0.3, 0.4) is 0 Å². The summed E-state index contributed by atoms with van der Waals surface area (Å²) in [5.74, 6) is 2.78. The monoisotopic (exact) mass is 488 g/mol. The second kappa shape index (κ2) is 9.86. The van der Waals surface area contributed by atoms with Gasteiger partial charge in [0.15, 0.2) is 5.96 Å². The van der Waals surface area contributed by atoms with E-state index >= 15 is 0 Å². The summed E-state index contributed by atoms with van der Waals surface area (Å²) in [5.41, 5.74) is 0. The van der Waals surface area contributed by atoms with Gasteiger partial charge in [-0.25, -0.2) is 14.1 Å². The fourth-order valence-corrected chi connectivity index (χ4v) is 2.99. The fourth-order valence-electron chi connectivity index (χ4n) is 2.99. The van der Waals surface area contributed by atoms with Gasteiger partial charge in [-0.2, -0.15) is 5.10 Å². The molecule has 1 aliphatic heterocycles. The molecule has 27 heavy (non-hydrogen) atoms. The fraction of sp³-hybridized carbons (Fsp3) is 0.500. The van der Waals surface area contributed by atoms with Crippen molar-refractivity contribution in [2.75, 3.05) is 13.6 Å². The van der Waals surface area contributed by atoms with Crippen LogP contribution in [0.1, 0.15) is 25.0 Å². The van der Waals surface area contributed by atoms with Crippen molar-refractivity contribution in [2.24, 2.45) is 4.99 Å². The maximum atomic E-state index is 13.2. The summed E-state index contributed by atoms with van der Waals surface area (Å²) >= 11 is 0. The van der Waals surface area contributed by atoms with Crippen LogP contribution in [0.25, 0.3) is 0 Å². The Morgan fingerprint density at radius 1 is 1.48 bits per heavy atom.